The van der Waals surface area contributed by atoms with Gasteiger partial charge in [0, 0.05) is 17.3 Å². The van der Waals surface area contributed by atoms with Gasteiger partial charge in [-0.2, -0.15) is 0 Å². The first-order valence-electron chi connectivity index (χ1n) is 11.1. The van der Waals surface area contributed by atoms with Crippen molar-refractivity contribution in [2.45, 2.75) is 31.0 Å². The molecule has 3 aromatic carbocycles. The summed E-state index contributed by atoms with van der Waals surface area (Å²) in [5.41, 5.74) is 0.637. The molecule has 37 heavy (non-hydrogen) atoms. The molecule has 0 radical (unpaired) electrons. The van der Waals surface area contributed by atoms with E-state index >= 15 is 0 Å². The zero-order valence-corrected chi connectivity index (χ0v) is 20.7. The standard InChI is InChI=1S/C25H25F3N2O6S/c1-3-35-22-14-18(29-24(32)19(15-31)17-8-5-4-6-9-17)12-13-23(22)37(33,34)30-20-10-7-11-21(16(20)2)36-25(26,27)28/h4-14,19,30-31H,3,15H2,1-2H3,(H,29,32)/t19-/m0/s1. The molecule has 1 atom stereocenters. The van der Waals surface area contributed by atoms with Gasteiger partial charge in [-0.25, -0.2) is 8.42 Å². The van der Waals surface area contributed by atoms with Gasteiger partial charge in [-0.15, -0.1) is 13.2 Å². The molecule has 1 amide bonds. The van der Waals surface area contributed by atoms with E-state index in [2.05, 4.69) is 14.8 Å². The highest BCUT2D eigenvalue weighted by molar-refractivity contribution is 7.92. The molecule has 0 aromatic heterocycles. The van der Waals surface area contributed by atoms with Gasteiger partial charge in [0.1, 0.15) is 16.4 Å². The van der Waals surface area contributed by atoms with Crippen LogP contribution in [0.2, 0.25) is 0 Å². The van der Waals surface area contributed by atoms with Crippen LogP contribution < -0.4 is 19.5 Å². The lowest BCUT2D eigenvalue weighted by Gasteiger charge is -2.18. The second-order valence-electron chi connectivity index (χ2n) is 7.81. The minimum Gasteiger partial charge on any atom is -0.492 e. The van der Waals surface area contributed by atoms with Crippen molar-refractivity contribution in [1.82, 2.24) is 0 Å². The lowest BCUT2D eigenvalue weighted by atomic mass is 9.99. The predicted molar refractivity (Wildman–Crippen MR) is 131 cm³/mol. The SMILES string of the molecule is CCOc1cc(NC(=O)[C@@H](CO)c2ccccc2)ccc1S(=O)(=O)Nc1cccc(OC(F)(F)F)c1C. The minimum absolute atomic E-state index is 0.0683. The van der Waals surface area contributed by atoms with Gasteiger partial charge >= 0.3 is 6.36 Å². The molecule has 198 valence electrons. The Bertz CT molecular complexity index is 1350. The van der Waals surface area contributed by atoms with Crippen LogP contribution in [0, 0.1) is 6.92 Å². The summed E-state index contributed by atoms with van der Waals surface area (Å²) >= 11 is 0. The number of benzene rings is 3. The van der Waals surface area contributed by atoms with E-state index in [0.717, 1.165) is 6.07 Å². The summed E-state index contributed by atoms with van der Waals surface area (Å²) < 4.78 is 76.0. The first kappa shape index (κ1) is 27.8. The van der Waals surface area contributed by atoms with Gasteiger partial charge in [0.15, 0.2) is 0 Å². The van der Waals surface area contributed by atoms with Crippen LogP contribution in [0.25, 0.3) is 0 Å². The number of hydrogen-bond donors (Lipinski definition) is 3. The van der Waals surface area contributed by atoms with Gasteiger partial charge in [-0.05, 0) is 43.7 Å². The molecular weight excluding hydrogens is 513 g/mol. The molecule has 0 fully saturated rings. The number of anilines is 2. The number of hydrogen-bond acceptors (Lipinski definition) is 6. The molecule has 0 aliphatic carbocycles. The predicted octanol–water partition coefficient (Wildman–Crippen LogP) is 4.81. The van der Waals surface area contributed by atoms with Crippen LogP contribution in [0.1, 0.15) is 24.0 Å². The molecule has 0 saturated carbocycles. The highest BCUT2D eigenvalue weighted by Gasteiger charge is 2.32. The Morgan fingerprint density at radius 1 is 1.03 bits per heavy atom. The summed E-state index contributed by atoms with van der Waals surface area (Å²) in [6.45, 7) is 2.57. The number of carbonyl (C=O) groups excluding carboxylic acids is 1. The second kappa shape index (κ2) is 11.5. The van der Waals surface area contributed by atoms with Gasteiger partial charge in [-0.3, -0.25) is 9.52 Å². The largest absolute Gasteiger partial charge is 0.573 e. The second-order valence-corrected chi connectivity index (χ2v) is 9.46. The fourth-order valence-electron chi connectivity index (χ4n) is 3.49. The van der Waals surface area contributed by atoms with Gasteiger partial charge in [0.25, 0.3) is 10.0 Å². The zero-order chi connectivity index (χ0) is 27.2. The molecule has 0 aliphatic rings. The number of ether oxygens (including phenoxy) is 2. The van der Waals surface area contributed by atoms with Gasteiger partial charge in [0.2, 0.25) is 5.91 Å². The molecule has 3 N–H and O–H groups in total. The molecule has 0 spiro atoms. The van der Waals surface area contributed by atoms with Gasteiger partial charge < -0.3 is 19.9 Å². The summed E-state index contributed by atoms with van der Waals surface area (Å²) in [5.74, 6) is -2.00. The fraction of sp³-hybridized carbons (Fsp3) is 0.240. The third kappa shape index (κ3) is 7.14. The van der Waals surface area contributed by atoms with Crippen LogP contribution >= 0.6 is 0 Å². The quantitative estimate of drug-likeness (QED) is 0.342. The maximum absolute atomic E-state index is 13.1. The number of sulfonamides is 1. The first-order chi connectivity index (χ1) is 17.4. The number of carbonyl (C=O) groups is 1. The maximum Gasteiger partial charge on any atom is 0.573 e. The number of halogens is 3. The smallest absolute Gasteiger partial charge is 0.492 e. The Balaban J connectivity index is 1.88. The number of alkyl halides is 3. The van der Waals surface area contributed by atoms with Crippen molar-refractivity contribution < 1.29 is 41.0 Å². The molecule has 0 unspecified atom stereocenters. The van der Waals surface area contributed by atoms with E-state index in [1.165, 1.54) is 37.3 Å². The summed E-state index contributed by atoms with van der Waals surface area (Å²) in [4.78, 5) is 12.5. The Hall–Kier alpha value is -3.77. The number of nitrogens with one attached hydrogen (secondary N) is 2. The van der Waals surface area contributed by atoms with Crippen LogP contribution in [0.4, 0.5) is 24.5 Å². The molecule has 0 heterocycles. The average molecular weight is 539 g/mol. The lowest BCUT2D eigenvalue weighted by molar-refractivity contribution is -0.274. The van der Waals surface area contributed by atoms with E-state index in [1.54, 1.807) is 37.3 Å². The first-order valence-corrected chi connectivity index (χ1v) is 12.5. The Kier molecular flexibility index (Phi) is 8.66. The van der Waals surface area contributed by atoms with Crippen molar-refractivity contribution in [3.63, 3.8) is 0 Å². The van der Waals surface area contributed by atoms with E-state index in [-0.39, 0.29) is 34.2 Å². The van der Waals surface area contributed by atoms with Crippen LogP contribution in [-0.2, 0) is 14.8 Å². The van der Waals surface area contributed by atoms with Crippen molar-refractivity contribution in [2.75, 3.05) is 23.3 Å². The summed E-state index contributed by atoms with van der Waals surface area (Å²) in [7, 11) is -4.32. The Morgan fingerprint density at radius 3 is 2.35 bits per heavy atom. The van der Waals surface area contributed by atoms with Gasteiger partial charge in [0.05, 0.1) is 24.8 Å². The van der Waals surface area contributed by atoms with Crippen LogP contribution in [0.15, 0.2) is 71.6 Å². The van der Waals surface area contributed by atoms with E-state index in [1.807, 2.05) is 0 Å². The van der Waals surface area contributed by atoms with E-state index in [9.17, 15) is 31.5 Å². The molecule has 12 heteroatoms. The summed E-state index contributed by atoms with van der Waals surface area (Å²) in [6.07, 6.45) is -4.94. The number of amides is 1. The van der Waals surface area contributed by atoms with Crippen LogP contribution in [0.5, 0.6) is 11.5 Å². The zero-order valence-electron chi connectivity index (χ0n) is 19.9. The highest BCUT2D eigenvalue weighted by Crippen LogP contribution is 2.34. The Labute approximate surface area is 212 Å². The molecular formula is C25H25F3N2O6S. The monoisotopic (exact) mass is 538 g/mol. The van der Waals surface area contributed by atoms with E-state index < -0.39 is 40.6 Å². The van der Waals surface area contributed by atoms with Crippen LogP contribution in [0.3, 0.4) is 0 Å². The van der Waals surface area contributed by atoms with E-state index in [0.29, 0.717) is 5.56 Å². The average Bonchev–Trinajstić information content (AvgIpc) is 2.82. The fourth-order valence-corrected chi connectivity index (χ4v) is 4.74. The minimum atomic E-state index is -4.94. The van der Waals surface area contributed by atoms with Crippen molar-refractivity contribution in [2.24, 2.45) is 0 Å². The molecule has 0 saturated heterocycles. The number of aliphatic hydroxyl groups is 1. The topological polar surface area (TPSA) is 114 Å². The molecule has 3 rings (SSSR count). The normalized spacial score (nSPS) is 12.5. The lowest BCUT2D eigenvalue weighted by Crippen LogP contribution is -2.24. The number of rotatable bonds is 10. The maximum atomic E-state index is 13.1. The molecule has 0 aliphatic heterocycles. The van der Waals surface area contributed by atoms with Crippen molar-refractivity contribution in [3.8, 4) is 11.5 Å². The van der Waals surface area contributed by atoms with Crippen molar-refractivity contribution in [1.29, 1.82) is 0 Å². The summed E-state index contributed by atoms with van der Waals surface area (Å²) in [6, 6.07) is 16.1. The number of aliphatic hydroxyl groups excluding tert-OH is 1. The van der Waals surface area contributed by atoms with Gasteiger partial charge in [-0.1, -0.05) is 36.4 Å². The third-order valence-corrected chi connectivity index (χ3v) is 6.66. The summed E-state index contributed by atoms with van der Waals surface area (Å²) in [5, 5.41) is 12.4. The molecule has 0 bridgehead atoms. The molecule has 8 nitrogen and oxygen atoms in total. The Morgan fingerprint density at radius 2 is 1.73 bits per heavy atom. The highest BCUT2D eigenvalue weighted by atomic mass is 32.2. The van der Waals surface area contributed by atoms with Crippen molar-refractivity contribution >= 4 is 27.3 Å². The third-order valence-electron chi connectivity index (χ3n) is 5.26. The van der Waals surface area contributed by atoms with E-state index in [4.69, 9.17) is 4.74 Å². The van der Waals surface area contributed by atoms with Crippen molar-refractivity contribution in [3.05, 3.63) is 77.9 Å². The van der Waals surface area contributed by atoms with Crippen LogP contribution in [-0.4, -0.2) is 39.0 Å². The molecule has 3 aromatic rings.